The number of carbonyl (C=O) groups excluding carboxylic acids is 1. The number of phenolic OH excluding ortho intramolecular Hbond substituents is 1. The van der Waals surface area contributed by atoms with Crippen molar-refractivity contribution < 1.29 is 9.90 Å². The fourth-order valence-corrected chi connectivity index (χ4v) is 1.42. The highest BCUT2D eigenvalue weighted by Crippen LogP contribution is 2.23. The molecule has 1 aromatic carbocycles. The van der Waals surface area contributed by atoms with E-state index in [-0.39, 0.29) is 16.7 Å². The highest BCUT2D eigenvalue weighted by atomic mass is 35.5. The van der Waals surface area contributed by atoms with Crippen molar-refractivity contribution in [2.24, 2.45) is 11.8 Å². The predicted octanol–water partition coefficient (Wildman–Crippen LogP) is 3.07. The van der Waals surface area contributed by atoms with Crippen LogP contribution < -0.4 is 5.32 Å². The average molecular weight is 256 g/mol. The first kappa shape index (κ1) is 13.8. The van der Waals surface area contributed by atoms with Gasteiger partial charge in [-0.1, -0.05) is 32.4 Å². The van der Waals surface area contributed by atoms with E-state index < -0.39 is 0 Å². The smallest absolute Gasteiger partial charge is 0.251 e. The van der Waals surface area contributed by atoms with Crippen molar-refractivity contribution in [3.63, 3.8) is 0 Å². The van der Waals surface area contributed by atoms with E-state index in [2.05, 4.69) is 26.1 Å². The second-order valence-corrected chi connectivity index (χ2v) is 5.00. The molecule has 4 heteroatoms. The van der Waals surface area contributed by atoms with Crippen LogP contribution in [0, 0.1) is 11.8 Å². The van der Waals surface area contributed by atoms with Gasteiger partial charge in [-0.25, -0.2) is 0 Å². The molecule has 1 amide bonds. The van der Waals surface area contributed by atoms with Crippen LogP contribution in [0.5, 0.6) is 5.75 Å². The van der Waals surface area contributed by atoms with Gasteiger partial charge in [0.05, 0.1) is 5.02 Å². The van der Waals surface area contributed by atoms with Gasteiger partial charge in [-0.05, 0) is 30.0 Å². The van der Waals surface area contributed by atoms with E-state index in [0.29, 0.717) is 23.9 Å². The molecule has 1 atom stereocenters. The molecule has 0 radical (unpaired) electrons. The molecule has 0 saturated heterocycles. The van der Waals surface area contributed by atoms with Gasteiger partial charge in [-0.15, -0.1) is 0 Å². The quantitative estimate of drug-likeness (QED) is 0.869. The lowest BCUT2D eigenvalue weighted by Crippen LogP contribution is -2.30. The topological polar surface area (TPSA) is 49.3 Å². The van der Waals surface area contributed by atoms with Crippen LogP contribution >= 0.6 is 11.6 Å². The number of nitrogens with one attached hydrogen (secondary N) is 1. The van der Waals surface area contributed by atoms with E-state index in [1.54, 1.807) is 6.07 Å². The Morgan fingerprint density at radius 3 is 2.59 bits per heavy atom. The summed E-state index contributed by atoms with van der Waals surface area (Å²) < 4.78 is 0. The molecule has 3 nitrogen and oxygen atoms in total. The molecule has 0 aromatic heterocycles. The first-order chi connectivity index (χ1) is 7.91. The third-order valence-electron chi connectivity index (χ3n) is 2.93. The number of phenols is 1. The molecular formula is C13H18ClNO2. The zero-order valence-electron chi connectivity index (χ0n) is 10.3. The number of rotatable bonds is 4. The number of carbonyl (C=O) groups is 1. The number of halogens is 1. The Kier molecular flexibility index (Phi) is 4.82. The normalized spacial score (nSPS) is 12.5. The molecule has 0 bridgehead atoms. The first-order valence-corrected chi connectivity index (χ1v) is 6.06. The Balaban J connectivity index is 2.61. The summed E-state index contributed by atoms with van der Waals surface area (Å²) in [6, 6.07) is 4.44. The second kappa shape index (κ2) is 5.92. The van der Waals surface area contributed by atoms with Crippen molar-refractivity contribution in [2.45, 2.75) is 20.8 Å². The number of amides is 1. The number of hydrogen-bond donors (Lipinski definition) is 2. The minimum Gasteiger partial charge on any atom is -0.506 e. The Hall–Kier alpha value is -1.22. The molecule has 17 heavy (non-hydrogen) atoms. The van der Waals surface area contributed by atoms with Gasteiger partial charge in [0.15, 0.2) is 0 Å². The minimum absolute atomic E-state index is 0.0150. The lowest BCUT2D eigenvalue weighted by atomic mass is 9.98. The van der Waals surface area contributed by atoms with Crippen LogP contribution in [-0.4, -0.2) is 17.6 Å². The van der Waals surface area contributed by atoms with Gasteiger partial charge in [0.25, 0.3) is 5.91 Å². The van der Waals surface area contributed by atoms with Gasteiger partial charge in [-0.3, -0.25) is 4.79 Å². The number of benzene rings is 1. The lowest BCUT2D eigenvalue weighted by Gasteiger charge is -2.16. The van der Waals surface area contributed by atoms with E-state index in [9.17, 15) is 9.90 Å². The van der Waals surface area contributed by atoms with Crippen molar-refractivity contribution in [3.8, 4) is 5.75 Å². The lowest BCUT2D eigenvalue weighted by molar-refractivity contribution is 0.0945. The SMILES string of the molecule is CC(C)C(C)CNC(=O)c1ccc(O)c(Cl)c1. The maximum atomic E-state index is 11.8. The van der Waals surface area contributed by atoms with E-state index in [4.69, 9.17) is 11.6 Å². The second-order valence-electron chi connectivity index (χ2n) is 4.60. The third-order valence-corrected chi connectivity index (χ3v) is 3.24. The van der Waals surface area contributed by atoms with Gasteiger partial charge in [0.1, 0.15) is 5.75 Å². The Bertz CT molecular complexity index is 404. The standard InChI is InChI=1S/C13H18ClNO2/c1-8(2)9(3)7-15-13(17)10-4-5-12(16)11(14)6-10/h4-6,8-9,16H,7H2,1-3H3,(H,15,17). The molecule has 0 saturated carbocycles. The predicted molar refractivity (Wildman–Crippen MR) is 69.5 cm³/mol. The Morgan fingerprint density at radius 2 is 2.06 bits per heavy atom. The maximum absolute atomic E-state index is 11.8. The van der Waals surface area contributed by atoms with Crippen LogP contribution in [-0.2, 0) is 0 Å². The molecule has 0 heterocycles. The van der Waals surface area contributed by atoms with Gasteiger partial charge < -0.3 is 10.4 Å². The Morgan fingerprint density at radius 1 is 1.41 bits per heavy atom. The largest absolute Gasteiger partial charge is 0.506 e. The average Bonchev–Trinajstić information content (AvgIpc) is 2.28. The molecule has 1 unspecified atom stereocenters. The van der Waals surface area contributed by atoms with Crippen LogP contribution in [0.15, 0.2) is 18.2 Å². The van der Waals surface area contributed by atoms with Crippen molar-refractivity contribution >= 4 is 17.5 Å². The summed E-state index contributed by atoms with van der Waals surface area (Å²) in [4.78, 5) is 11.8. The summed E-state index contributed by atoms with van der Waals surface area (Å²) in [7, 11) is 0. The van der Waals surface area contributed by atoms with Gasteiger partial charge in [0.2, 0.25) is 0 Å². The molecule has 0 aliphatic heterocycles. The molecule has 2 N–H and O–H groups in total. The van der Waals surface area contributed by atoms with Crippen molar-refractivity contribution in [1.29, 1.82) is 0 Å². The van der Waals surface area contributed by atoms with Crippen molar-refractivity contribution in [2.75, 3.05) is 6.54 Å². The third kappa shape index (κ3) is 3.93. The van der Waals surface area contributed by atoms with E-state index in [1.165, 1.54) is 12.1 Å². The summed E-state index contributed by atoms with van der Waals surface area (Å²) >= 11 is 5.74. The summed E-state index contributed by atoms with van der Waals surface area (Å²) in [6.07, 6.45) is 0. The van der Waals surface area contributed by atoms with Crippen LogP contribution in [0.1, 0.15) is 31.1 Å². The maximum Gasteiger partial charge on any atom is 0.251 e. The van der Waals surface area contributed by atoms with Crippen molar-refractivity contribution in [1.82, 2.24) is 5.32 Å². The molecule has 0 aliphatic carbocycles. The van der Waals surface area contributed by atoms with E-state index >= 15 is 0 Å². The zero-order chi connectivity index (χ0) is 13.0. The van der Waals surface area contributed by atoms with E-state index in [0.717, 1.165) is 0 Å². The zero-order valence-corrected chi connectivity index (χ0v) is 11.1. The van der Waals surface area contributed by atoms with Crippen LogP contribution in [0.2, 0.25) is 5.02 Å². The summed E-state index contributed by atoms with van der Waals surface area (Å²) in [5.74, 6) is 0.767. The fourth-order valence-electron chi connectivity index (χ4n) is 1.24. The van der Waals surface area contributed by atoms with Gasteiger partial charge >= 0.3 is 0 Å². The van der Waals surface area contributed by atoms with Gasteiger partial charge in [-0.2, -0.15) is 0 Å². The molecule has 1 aromatic rings. The Labute approximate surface area is 107 Å². The first-order valence-electron chi connectivity index (χ1n) is 5.68. The minimum atomic E-state index is -0.167. The van der Waals surface area contributed by atoms with Crippen LogP contribution in [0.25, 0.3) is 0 Å². The highest BCUT2D eigenvalue weighted by Gasteiger charge is 2.11. The molecule has 0 aliphatic rings. The number of aromatic hydroxyl groups is 1. The van der Waals surface area contributed by atoms with Crippen LogP contribution in [0.4, 0.5) is 0 Å². The number of hydrogen-bond acceptors (Lipinski definition) is 2. The van der Waals surface area contributed by atoms with E-state index in [1.807, 2.05) is 0 Å². The summed E-state index contributed by atoms with van der Waals surface area (Å²) in [6.45, 7) is 6.96. The molecular weight excluding hydrogens is 238 g/mol. The molecule has 1 rings (SSSR count). The van der Waals surface area contributed by atoms with Crippen LogP contribution in [0.3, 0.4) is 0 Å². The fraction of sp³-hybridized carbons (Fsp3) is 0.462. The summed E-state index contributed by atoms with van der Waals surface area (Å²) in [5, 5.41) is 12.3. The molecule has 0 spiro atoms. The highest BCUT2D eigenvalue weighted by molar-refractivity contribution is 6.32. The monoisotopic (exact) mass is 255 g/mol. The molecule has 94 valence electrons. The van der Waals surface area contributed by atoms with Crippen molar-refractivity contribution in [3.05, 3.63) is 28.8 Å². The summed E-state index contributed by atoms with van der Waals surface area (Å²) in [5.41, 5.74) is 0.462. The van der Waals surface area contributed by atoms with Gasteiger partial charge in [0, 0.05) is 12.1 Å². The molecule has 0 fully saturated rings.